The summed E-state index contributed by atoms with van der Waals surface area (Å²) in [6.07, 6.45) is -5.57. The molecule has 0 saturated heterocycles. The molecule has 6 heteroatoms. The largest absolute Gasteiger partial charge is 0.497 e. The molecule has 20 heavy (non-hydrogen) atoms. The van der Waals surface area contributed by atoms with Crippen LogP contribution in [0.3, 0.4) is 0 Å². The Balaban J connectivity index is 2.67. The van der Waals surface area contributed by atoms with Gasteiger partial charge in [0.2, 0.25) is 0 Å². The molecule has 114 valence electrons. The number of benzene rings is 1. The highest BCUT2D eigenvalue weighted by atomic mass is 19.4. The van der Waals surface area contributed by atoms with E-state index in [1.165, 1.54) is 0 Å². The van der Waals surface area contributed by atoms with Crippen molar-refractivity contribution in [1.82, 2.24) is 5.32 Å². The lowest BCUT2D eigenvalue weighted by atomic mass is 10.1. The minimum Gasteiger partial charge on any atom is -0.497 e. The first-order chi connectivity index (χ1) is 9.46. The Bertz CT molecular complexity index is 396. The van der Waals surface area contributed by atoms with Gasteiger partial charge in [-0.15, -0.1) is 0 Å². The molecule has 1 aromatic rings. The lowest BCUT2D eigenvalue weighted by Crippen LogP contribution is -2.24. The number of alkyl halides is 3. The van der Waals surface area contributed by atoms with Gasteiger partial charge in [-0.25, -0.2) is 0 Å². The smallest absolute Gasteiger partial charge is 0.391 e. The highest BCUT2D eigenvalue weighted by Crippen LogP contribution is 2.24. The van der Waals surface area contributed by atoms with Gasteiger partial charge < -0.3 is 14.8 Å². The van der Waals surface area contributed by atoms with Crippen LogP contribution in [0.4, 0.5) is 13.2 Å². The van der Waals surface area contributed by atoms with Gasteiger partial charge in [-0.05, 0) is 24.2 Å². The summed E-state index contributed by atoms with van der Waals surface area (Å²) in [5, 5.41) is 3.08. The summed E-state index contributed by atoms with van der Waals surface area (Å²) in [6, 6.07) is 7.16. The molecule has 1 rings (SSSR count). The van der Waals surface area contributed by atoms with Gasteiger partial charge in [0.05, 0.1) is 26.2 Å². The lowest BCUT2D eigenvalue weighted by Gasteiger charge is -2.20. The van der Waals surface area contributed by atoms with Gasteiger partial charge in [0.1, 0.15) is 5.75 Å². The first kappa shape index (κ1) is 16.8. The van der Waals surface area contributed by atoms with Crippen LogP contribution >= 0.6 is 0 Å². The van der Waals surface area contributed by atoms with Crippen molar-refractivity contribution in [1.29, 1.82) is 0 Å². The summed E-state index contributed by atoms with van der Waals surface area (Å²) < 4.78 is 47.0. The predicted octanol–water partition coefficient (Wildman–Crippen LogP) is 3.31. The van der Waals surface area contributed by atoms with E-state index in [1.807, 2.05) is 13.0 Å². The summed E-state index contributed by atoms with van der Waals surface area (Å²) in [5.74, 6) is 0.656. The van der Waals surface area contributed by atoms with E-state index in [2.05, 4.69) is 5.32 Å². The molecule has 0 aromatic heterocycles. The monoisotopic (exact) mass is 291 g/mol. The quantitative estimate of drug-likeness (QED) is 0.797. The molecular weight excluding hydrogens is 271 g/mol. The third kappa shape index (κ3) is 6.25. The zero-order chi connectivity index (χ0) is 15.0. The molecule has 0 fully saturated rings. The Labute approximate surface area is 117 Å². The van der Waals surface area contributed by atoms with Crippen molar-refractivity contribution < 1.29 is 22.6 Å². The summed E-state index contributed by atoms with van der Waals surface area (Å²) in [6.45, 7) is 2.76. The van der Waals surface area contributed by atoms with Crippen LogP contribution in [-0.4, -0.2) is 33.0 Å². The number of halogens is 3. The average molecular weight is 291 g/mol. The highest BCUT2D eigenvalue weighted by Gasteiger charge is 2.27. The van der Waals surface area contributed by atoms with Crippen LogP contribution in [-0.2, 0) is 4.74 Å². The van der Waals surface area contributed by atoms with Crippen molar-refractivity contribution in [2.75, 3.05) is 26.8 Å². The van der Waals surface area contributed by atoms with Crippen molar-refractivity contribution in [3.05, 3.63) is 29.8 Å². The maximum absolute atomic E-state index is 12.2. The summed E-state index contributed by atoms with van der Waals surface area (Å²) in [4.78, 5) is 0. The number of ether oxygens (including phenoxy) is 2. The van der Waals surface area contributed by atoms with E-state index in [-0.39, 0.29) is 6.61 Å². The predicted molar refractivity (Wildman–Crippen MR) is 70.9 cm³/mol. The molecule has 0 heterocycles. The minimum atomic E-state index is -4.20. The van der Waals surface area contributed by atoms with Crippen LogP contribution in [0.25, 0.3) is 0 Å². The van der Waals surface area contributed by atoms with Crippen molar-refractivity contribution in [2.24, 2.45) is 0 Å². The number of nitrogens with one attached hydrogen (secondary N) is 1. The fraction of sp³-hybridized carbons (Fsp3) is 0.571. The van der Waals surface area contributed by atoms with Gasteiger partial charge in [-0.2, -0.15) is 13.2 Å². The molecule has 1 atom stereocenters. The van der Waals surface area contributed by atoms with Crippen molar-refractivity contribution in [2.45, 2.75) is 25.6 Å². The van der Waals surface area contributed by atoms with Gasteiger partial charge in [0, 0.05) is 6.54 Å². The standard InChI is InChI=1S/C14H20F3NO2/c1-3-18-10-13(20-8-7-14(15,16)17)11-5-4-6-12(9-11)19-2/h4-6,9,13,18H,3,7-8,10H2,1-2H3. The van der Waals surface area contributed by atoms with E-state index in [0.29, 0.717) is 12.3 Å². The second-order valence-corrected chi connectivity index (χ2v) is 4.31. The fourth-order valence-corrected chi connectivity index (χ4v) is 1.71. The van der Waals surface area contributed by atoms with Crippen LogP contribution in [0.5, 0.6) is 5.75 Å². The van der Waals surface area contributed by atoms with Crippen molar-refractivity contribution in [3.8, 4) is 5.75 Å². The topological polar surface area (TPSA) is 30.5 Å². The third-order valence-corrected chi connectivity index (χ3v) is 2.75. The SMILES string of the molecule is CCNCC(OCCC(F)(F)F)c1cccc(OC)c1. The summed E-state index contributed by atoms with van der Waals surface area (Å²) >= 11 is 0. The minimum absolute atomic E-state index is 0.350. The molecule has 1 N–H and O–H groups in total. The van der Waals surface area contributed by atoms with E-state index in [4.69, 9.17) is 9.47 Å². The molecule has 0 aliphatic carbocycles. The first-order valence-corrected chi connectivity index (χ1v) is 6.49. The molecule has 1 aromatic carbocycles. The molecule has 0 amide bonds. The zero-order valence-electron chi connectivity index (χ0n) is 11.7. The molecule has 0 aliphatic heterocycles. The fourth-order valence-electron chi connectivity index (χ4n) is 1.71. The van der Waals surface area contributed by atoms with Crippen LogP contribution in [0.15, 0.2) is 24.3 Å². The number of hydrogen-bond acceptors (Lipinski definition) is 3. The summed E-state index contributed by atoms with van der Waals surface area (Å²) in [5.41, 5.74) is 0.799. The molecule has 0 bridgehead atoms. The average Bonchev–Trinajstić information content (AvgIpc) is 2.41. The van der Waals surface area contributed by atoms with E-state index < -0.39 is 18.7 Å². The van der Waals surface area contributed by atoms with Gasteiger partial charge in [0.25, 0.3) is 0 Å². The van der Waals surface area contributed by atoms with Crippen LogP contribution in [0.2, 0.25) is 0 Å². The normalized spacial score (nSPS) is 13.2. The van der Waals surface area contributed by atoms with E-state index >= 15 is 0 Å². The second-order valence-electron chi connectivity index (χ2n) is 4.31. The Morgan fingerprint density at radius 1 is 1.30 bits per heavy atom. The molecule has 0 saturated carbocycles. The maximum atomic E-state index is 12.2. The van der Waals surface area contributed by atoms with E-state index in [1.54, 1.807) is 25.3 Å². The third-order valence-electron chi connectivity index (χ3n) is 2.75. The highest BCUT2D eigenvalue weighted by molar-refractivity contribution is 5.30. The molecule has 0 aliphatic rings. The van der Waals surface area contributed by atoms with Crippen molar-refractivity contribution in [3.63, 3.8) is 0 Å². The zero-order valence-corrected chi connectivity index (χ0v) is 11.7. The second kappa shape index (κ2) is 8.11. The van der Waals surface area contributed by atoms with Gasteiger partial charge in [-0.1, -0.05) is 19.1 Å². The molecular formula is C14H20F3NO2. The van der Waals surface area contributed by atoms with Crippen LogP contribution < -0.4 is 10.1 Å². The summed E-state index contributed by atoms with van der Waals surface area (Å²) in [7, 11) is 1.54. The molecule has 1 unspecified atom stereocenters. The number of methoxy groups -OCH3 is 1. The van der Waals surface area contributed by atoms with Crippen LogP contribution in [0, 0.1) is 0 Å². The van der Waals surface area contributed by atoms with Gasteiger partial charge in [-0.3, -0.25) is 0 Å². The molecule has 0 spiro atoms. The maximum Gasteiger partial charge on any atom is 0.391 e. The van der Waals surface area contributed by atoms with Gasteiger partial charge in [0.15, 0.2) is 0 Å². The Kier molecular flexibility index (Phi) is 6.81. The Morgan fingerprint density at radius 2 is 2.05 bits per heavy atom. The lowest BCUT2D eigenvalue weighted by molar-refractivity contribution is -0.149. The van der Waals surface area contributed by atoms with Crippen LogP contribution in [0.1, 0.15) is 25.0 Å². The Morgan fingerprint density at radius 3 is 2.65 bits per heavy atom. The van der Waals surface area contributed by atoms with E-state index in [0.717, 1.165) is 12.1 Å². The van der Waals surface area contributed by atoms with E-state index in [9.17, 15) is 13.2 Å². The number of rotatable bonds is 8. The number of likely N-dealkylation sites (N-methyl/N-ethyl adjacent to an activating group) is 1. The first-order valence-electron chi connectivity index (χ1n) is 6.49. The number of hydrogen-bond donors (Lipinski definition) is 1. The molecule has 3 nitrogen and oxygen atoms in total. The molecule has 0 radical (unpaired) electrons. The van der Waals surface area contributed by atoms with Gasteiger partial charge >= 0.3 is 6.18 Å². The Hall–Kier alpha value is -1.27. The van der Waals surface area contributed by atoms with Crippen molar-refractivity contribution >= 4 is 0 Å².